The lowest BCUT2D eigenvalue weighted by Gasteiger charge is -2.39. The Bertz CT molecular complexity index is 609. The lowest BCUT2D eigenvalue weighted by atomic mass is 9.76. The summed E-state index contributed by atoms with van der Waals surface area (Å²) in [5, 5.41) is 9.52. The molecule has 1 atom stereocenters. The molecule has 1 N–H and O–H groups in total. The third-order valence-electron chi connectivity index (χ3n) is 5.78. The van der Waals surface area contributed by atoms with Gasteiger partial charge >= 0.3 is 5.97 Å². The van der Waals surface area contributed by atoms with E-state index in [2.05, 4.69) is 11.8 Å². The molecule has 0 aliphatic carbocycles. The predicted octanol–water partition coefficient (Wildman–Crippen LogP) is 2.41. The smallest absolute Gasteiger partial charge is 0.320 e. The van der Waals surface area contributed by atoms with E-state index in [9.17, 15) is 14.7 Å². The molecule has 2 aliphatic rings. The lowest BCUT2D eigenvalue weighted by Crippen LogP contribution is -2.44. The number of amides is 1. The SMILES string of the molecule is CCCN1CC2(CCN(C(=O)Cc3ccccc3)CC2)CC1C(=O)O. The number of likely N-dealkylation sites (tertiary alicyclic amines) is 2. The van der Waals surface area contributed by atoms with E-state index in [-0.39, 0.29) is 17.4 Å². The van der Waals surface area contributed by atoms with Crippen molar-refractivity contribution in [2.75, 3.05) is 26.2 Å². The number of aliphatic carboxylic acids is 1. The van der Waals surface area contributed by atoms with Gasteiger partial charge in [-0.15, -0.1) is 0 Å². The summed E-state index contributed by atoms with van der Waals surface area (Å²) < 4.78 is 0. The van der Waals surface area contributed by atoms with Gasteiger partial charge in [0.2, 0.25) is 5.91 Å². The Kier molecular flexibility index (Phi) is 5.42. The van der Waals surface area contributed by atoms with Gasteiger partial charge in [-0.05, 0) is 43.2 Å². The molecule has 1 aromatic rings. The Morgan fingerprint density at radius 3 is 2.48 bits per heavy atom. The molecule has 3 rings (SSSR count). The molecule has 2 aliphatic heterocycles. The first-order valence-corrected chi connectivity index (χ1v) is 9.31. The van der Waals surface area contributed by atoms with Crippen molar-refractivity contribution in [3.05, 3.63) is 35.9 Å². The second-order valence-electron chi connectivity index (χ2n) is 7.57. The predicted molar refractivity (Wildman–Crippen MR) is 96.3 cm³/mol. The van der Waals surface area contributed by atoms with Crippen LogP contribution >= 0.6 is 0 Å². The van der Waals surface area contributed by atoms with Gasteiger partial charge in [0.15, 0.2) is 0 Å². The van der Waals surface area contributed by atoms with Crippen LogP contribution < -0.4 is 0 Å². The quantitative estimate of drug-likeness (QED) is 0.891. The van der Waals surface area contributed by atoms with Crippen molar-refractivity contribution < 1.29 is 14.7 Å². The third-order valence-corrected chi connectivity index (χ3v) is 5.78. The summed E-state index contributed by atoms with van der Waals surface area (Å²) in [5.74, 6) is -0.521. The van der Waals surface area contributed by atoms with E-state index >= 15 is 0 Å². The molecular formula is C20H28N2O3. The molecule has 1 aromatic carbocycles. The zero-order chi connectivity index (χ0) is 17.9. The van der Waals surface area contributed by atoms with Crippen LogP contribution in [-0.4, -0.2) is 59.0 Å². The van der Waals surface area contributed by atoms with Gasteiger partial charge < -0.3 is 10.0 Å². The Balaban J connectivity index is 1.58. The number of carbonyl (C=O) groups is 2. The van der Waals surface area contributed by atoms with Crippen molar-refractivity contribution >= 4 is 11.9 Å². The Morgan fingerprint density at radius 1 is 1.20 bits per heavy atom. The minimum absolute atomic E-state index is 0.0712. The molecule has 0 bridgehead atoms. The summed E-state index contributed by atoms with van der Waals surface area (Å²) in [6, 6.07) is 9.49. The van der Waals surface area contributed by atoms with Gasteiger partial charge in [0.1, 0.15) is 6.04 Å². The summed E-state index contributed by atoms with van der Waals surface area (Å²) in [4.78, 5) is 28.2. The number of nitrogens with zero attached hydrogens (tertiary/aromatic N) is 2. The molecule has 25 heavy (non-hydrogen) atoms. The summed E-state index contributed by atoms with van der Waals surface area (Å²) >= 11 is 0. The molecule has 1 unspecified atom stereocenters. The molecule has 1 amide bonds. The molecule has 1 spiro atoms. The number of carboxylic acids is 1. The highest BCUT2D eigenvalue weighted by Gasteiger charge is 2.48. The van der Waals surface area contributed by atoms with Gasteiger partial charge in [-0.2, -0.15) is 0 Å². The lowest BCUT2D eigenvalue weighted by molar-refractivity contribution is -0.142. The van der Waals surface area contributed by atoms with E-state index in [1.165, 1.54) is 0 Å². The fraction of sp³-hybridized carbons (Fsp3) is 0.600. The maximum absolute atomic E-state index is 12.5. The maximum Gasteiger partial charge on any atom is 0.320 e. The zero-order valence-electron chi connectivity index (χ0n) is 15.0. The van der Waals surface area contributed by atoms with E-state index in [1.807, 2.05) is 35.2 Å². The minimum Gasteiger partial charge on any atom is -0.480 e. The standard InChI is InChI=1S/C20H28N2O3/c1-2-10-22-15-20(14-17(22)19(24)25)8-11-21(12-9-20)18(23)13-16-6-4-3-5-7-16/h3-7,17H,2,8-15H2,1H3,(H,24,25). The fourth-order valence-corrected chi connectivity index (χ4v) is 4.39. The van der Waals surface area contributed by atoms with Gasteiger partial charge in [-0.25, -0.2) is 0 Å². The zero-order valence-corrected chi connectivity index (χ0v) is 15.0. The van der Waals surface area contributed by atoms with Crippen molar-refractivity contribution in [3.63, 3.8) is 0 Å². The van der Waals surface area contributed by atoms with Gasteiger partial charge in [0.25, 0.3) is 0 Å². The molecule has 5 heteroatoms. The van der Waals surface area contributed by atoms with Gasteiger partial charge in [0, 0.05) is 19.6 Å². The van der Waals surface area contributed by atoms with Crippen LogP contribution in [0, 0.1) is 5.41 Å². The van der Waals surface area contributed by atoms with Crippen molar-refractivity contribution in [3.8, 4) is 0 Å². The summed E-state index contributed by atoms with van der Waals surface area (Å²) in [7, 11) is 0. The second-order valence-corrected chi connectivity index (χ2v) is 7.57. The topological polar surface area (TPSA) is 60.9 Å². The highest BCUT2D eigenvalue weighted by molar-refractivity contribution is 5.79. The van der Waals surface area contributed by atoms with Crippen LogP contribution in [0.4, 0.5) is 0 Å². The number of hydrogen-bond acceptors (Lipinski definition) is 3. The van der Waals surface area contributed by atoms with Gasteiger partial charge in [-0.3, -0.25) is 14.5 Å². The fourth-order valence-electron chi connectivity index (χ4n) is 4.39. The van der Waals surface area contributed by atoms with Crippen LogP contribution in [0.25, 0.3) is 0 Å². The Hall–Kier alpha value is -1.88. The molecule has 0 saturated carbocycles. The summed E-state index contributed by atoms with van der Waals surface area (Å²) in [5.41, 5.74) is 1.12. The molecule has 2 fully saturated rings. The highest BCUT2D eigenvalue weighted by Crippen LogP contribution is 2.43. The molecular weight excluding hydrogens is 316 g/mol. The van der Waals surface area contributed by atoms with E-state index < -0.39 is 5.97 Å². The number of rotatable bonds is 5. The number of carboxylic acid groups (broad SMARTS) is 1. The molecule has 2 saturated heterocycles. The molecule has 5 nitrogen and oxygen atoms in total. The average molecular weight is 344 g/mol. The average Bonchev–Trinajstić information content (AvgIpc) is 2.95. The minimum atomic E-state index is -0.701. The van der Waals surface area contributed by atoms with Gasteiger partial charge in [-0.1, -0.05) is 37.3 Å². The first-order valence-electron chi connectivity index (χ1n) is 9.31. The highest BCUT2D eigenvalue weighted by atomic mass is 16.4. The van der Waals surface area contributed by atoms with E-state index in [4.69, 9.17) is 0 Å². The number of hydrogen-bond donors (Lipinski definition) is 1. The number of carbonyl (C=O) groups excluding carboxylic acids is 1. The number of piperidine rings is 1. The van der Waals surface area contributed by atoms with Crippen LogP contribution in [0.2, 0.25) is 0 Å². The van der Waals surface area contributed by atoms with Crippen LogP contribution in [0.1, 0.15) is 38.2 Å². The number of benzene rings is 1. The van der Waals surface area contributed by atoms with Crippen LogP contribution in [-0.2, 0) is 16.0 Å². The molecule has 0 aromatic heterocycles. The normalized spacial score (nSPS) is 23.1. The third kappa shape index (κ3) is 4.03. The van der Waals surface area contributed by atoms with Crippen molar-refractivity contribution in [2.24, 2.45) is 5.41 Å². The largest absolute Gasteiger partial charge is 0.480 e. The Labute approximate surface area is 149 Å². The van der Waals surface area contributed by atoms with Crippen LogP contribution in [0.3, 0.4) is 0 Å². The summed E-state index contributed by atoms with van der Waals surface area (Å²) in [6.07, 6.45) is 3.98. The van der Waals surface area contributed by atoms with E-state index in [1.54, 1.807) is 0 Å². The van der Waals surface area contributed by atoms with Crippen molar-refractivity contribution in [2.45, 2.75) is 45.1 Å². The van der Waals surface area contributed by atoms with Crippen LogP contribution in [0.5, 0.6) is 0 Å². The maximum atomic E-state index is 12.5. The second kappa shape index (κ2) is 7.56. The first-order chi connectivity index (χ1) is 12.0. The van der Waals surface area contributed by atoms with E-state index in [0.29, 0.717) is 6.42 Å². The Morgan fingerprint density at radius 2 is 1.88 bits per heavy atom. The summed E-state index contributed by atoms with van der Waals surface area (Å²) in [6.45, 7) is 5.29. The van der Waals surface area contributed by atoms with Crippen LogP contribution in [0.15, 0.2) is 30.3 Å². The monoisotopic (exact) mass is 344 g/mol. The van der Waals surface area contributed by atoms with Gasteiger partial charge in [0.05, 0.1) is 6.42 Å². The van der Waals surface area contributed by atoms with Crippen molar-refractivity contribution in [1.29, 1.82) is 0 Å². The first kappa shape index (κ1) is 17.9. The molecule has 136 valence electrons. The molecule has 2 heterocycles. The molecule has 0 radical (unpaired) electrons. The van der Waals surface area contributed by atoms with E-state index in [0.717, 1.165) is 57.4 Å². The van der Waals surface area contributed by atoms with Crippen molar-refractivity contribution in [1.82, 2.24) is 9.80 Å².